The first-order valence-electron chi connectivity index (χ1n) is 10.6. The van der Waals surface area contributed by atoms with Gasteiger partial charge < -0.3 is 9.64 Å². The molecule has 1 atom stereocenters. The molecule has 8 nitrogen and oxygen atoms in total. The molecule has 3 heterocycles. The molecule has 2 aromatic heterocycles. The van der Waals surface area contributed by atoms with Crippen LogP contribution in [0.4, 0.5) is 11.6 Å². The maximum Gasteiger partial charge on any atom is 0.250 e. The lowest BCUT2D eigenvalue weighted by molar-refractivity contribution is -0.122. The number of aryl methyl sites for hydroxylation is 2. The average molecular weight is 462 g/mol. The van der Waals surface area contributed by atoms with Crippen LogP contribution in [0.25, 0.3) is 16.2 Å². The molecule has 0 saturated carbocycles. The number of hydrogen-bond donors (Lipinski definition) is 1. The zero-order valence-corrected chi connectivity index (χ0v) is 19.3. The Morgan fingerprint density at radius 2 is 1.97 bits per heavy atom. The lowest BCUT2D eigenvalue weighted by Crippen LogP contribution is -2.28. The number of ether oxygens (including phenoxy) is 1. The number of amides is 2. The summed E-state index contributed by atoms with van der Waals surface area (Å²) in [5, 5.41) is 9.32. The minimum Gasteiger partial charge on any atom is -0.497 e. The van der Waals surface area contributed by atoms with Crippen molar-refractivity contribution >= 4 is 39.7 Å². The fraction of sp³-hybridized carbons (Fsp3) is 0.250. The molecule has 1 saturated heterocycles. The third kappa shape index (κ3) is 3.95. The van der Waals surface area contributed by atoms with Crippen molar-refractivity contribution in [2.24, 2.45) is 5.92 Å². The molecular formula is C24H23N5O3S. The van der Waals surface area contributed by atoms with E-state index in [4.69, 9.17) is 4.74 Å². The Morgan fingerprint density at radius 3 is 2.70 bits per heavy atom. The molecule has 2 amide bonds. The number of benzene rings is 2. The van der Waals surface area contributed by atoms with Gasteiger partial charge in [0.1, 0.15) is 5.75 Å². The molecule has 5 rings (SSSR count). The number of fused-ring (bicyclic) bond motifs is 1. The van der Waals surface area contributed by atoms with Gasteiger partial charge in [-0.1, -0.05) is 23.8 Å². The smallest absolute Gasteiger partial charge is 0.250 e. The summed E-state index contributed by atoms with van der Waals surface area (Å²) in [5.41, 5.74) is 5.10. The number of methoxy groups -OCH3 is 1. The van der Waals surface area contributed by atoms with Gasteiger partial charge in [0, 0.05) is 29.6 Å². The van der Waals surface area contributed by atoms with E-state index in [9.17, 15) is 9.59 Å². The summed E-state index contributed by atoms with van der Waals surface area (Å²) in [7, 11) is 1.59. The summed E-state index contributed by atoms with van der Waals surface area (Å²) in [4.78, 5) is 32.2. The van der Waals surface area contributed by atoms with Crippen LogP contribution in [0.1, 0.15) is 17.5 Å². The zero-order valence-electron chi connectivity index (χ0n) is 18.5. The zero-order chi connectivity index (χ0) is 23.1. The normalized spacial score (nSPS) is 15.9. The molecule has 168 valence electrons. The van der Waals surface area contributed by atoms with Gasteiger partial charge in [0.15, 0.2) is 0 Å². The second kappa shape index (κ2) is 8.32. The van der Waals surface area contributed by atoms with Crippen LogP contribution >= 0.6 is 11.3 Å². The van der Waals surface area contributed by atoms with Crippen LogP contribution in [0.15, 0.2) is 47.8 Å². The van der Waals surface area contributed by atoms with Crippen LogP contribution in [0, 0.1) is 19.8 Å². The molecule has 0 radical (unpaired) electrons. The van der Waals surface area contributed by atoms with Gasteiger partial charge in [-0.2, -0.15) is 4.98 Å². The number of nitrogens with zero attached hydrogens (tertiary/aromatic N) is 4. The van der Waals surface area contributed by atoms with E-state index in [2.05, 4.69) is 47.4 Å². The van der Waals surface area contributed by atoms with Gasteiger partial charge in [0.05, 0.1) is 18.7 Å². The van der Waals surface area contributed by atoms with E-state index >= 15 is 0 Å². The highest BCUT2D eigenvalue weighted by molar-refractivity contribution is 7.15. The highest BCUT2D eigenvalue weighted by Gasteiger charge is 2.35. The minimum atomic E-state index is -0.472. The highest BCUT2D eigenvalue weighted by Crippen LogP contribution is 2.30. The molecular weight excluding hydrogens is 438 g/mol. The van der Waals surface area contributed by atoms with Crippen molar-refractivity contribution in [3.05, 3.63) is 59.0 Å². The SMILES string of the molecule is COc1ccc(N2CC(C(=O)Nc3nc4scc(-c5ccc(C)cc5C)n4n3)CC2=O)cc1. The number of aromatic nitrogens is 3. The number of rotatable bonds is 5. The number of anilines is 2. The molecule has 1 fully saturated rings. The van der Waals surface area contributed by atoms with Crippen molar-refractivity contribution in [2.75, 3.05) is 23.9 Å². The van der Waals surface area contributed by atoms with E-state index in [1.54, 1.807) is 28.7 Å². The molecule has 4 aromatic rings. The van der Waals surface area contributed by atoms with Crippen LogP contribution in [-0.4, -0.2) is 40.1 Å². The summed E-state index contributed by atoms with van der Waals surface area (Å²) >= 11 is 1.47. The van der Waals surface area contributed by atoms with Crippen molar-refractivity contribution in [1.82, 2.24) is 14.6 Å². The van der Waals surface area contributed by atoms with Crippen LogP contribution in [-0.2, 0) is 9.59 Å². The predicted molar refractivity (Wildman–Crippen MR) is 128 cm³/mol. The maximum atomic E-state index is 12.9. The molecule has 33 heavy (non-hydrogen) atoms. The quantitative estimate of drug-likeness (QED) is 0.484. The first-order valence-corrected chi connectivity index (χ1v) is 11.5. The Labute approximate surface area is 194 Å². The topological polar surface area (TPSA) is 88.8 Å². The van der Waals surface area contributed by atoms with Gasteiger partial charge >= 0.3 is 0 Å². The lowest BCUT2D eigenvalue weighted by atomic mass is 10.0. The van der Waals surface area contributed by atoms with E-state index in [-0.39, 0.29) is 24.2 Å². The first-order chi connectivity index (χ1) is 15.9. The Morgan fingerprint density at radius 1 is 1.18 bits per heavy atom. The van der Waals surface area contributed by atoms with Gasteiger partial charge in [-0.15, -0.1) is 16.4 Å². The van der Waals surface area contributed by atoms with E-state index in [1.807, 2.05) is 17.5 Å². The van der Waals surface area contributed by atoms with E-state index in [0.29, 0.717) is 17.3 Å². The third-order valence-corrected chi connectivity index (χ3v) is 6.67. The third-order valence-electron chi connectivity index (χ3n) is 5.85. The van der Waals surface area contributed by atoms with Gasteiger partial charge in [-0.25, -0.2) is 4.52 Å². The molecule has 0 aliphatic carbocycles. The molecule has 2 aromatic carbocycles. The molecule has 1 aliphatic heterocycles. The second-order valence-corrected chi connectivity index (χ2v) is 9.00. The van der Waals surface area contributed by atoms with Crippen LogP contribution in [0.2, 0.25) is 0 Å². The minimum absolute atomic E-state index is 0.0868. The van der Waals surface area contributed by atoms with E-state index < -0.39 is 5.92 Å². The van der Waals surface area contributed by atoms with Crippen molar-refractivity contribution in [3.8, 4) is 17.0 Å². The van der Waals surface area contributed by atoms with Crippen molar-refractivity contribution in [3.63, 3.8) is 0 Å². The van der Waals surface area contributed by atoms with Gasteiger partial charge in [0.25, 0.3) is 0 Å². The summed E-state index contributed by atoms with van der Waals surface area (Å²) in [6, 6.07) is 13.5. The fourth-order valence-corrected chi connectivity index (χ4v) is 4.95. The Balaban J connectivity index is 1.32. The molecule has 9 heteroatoms. The number of carbonyl (C=O) groups is 2. The van der Waals surface area contributed by atoms with E-state index in [0.717, 1.165) is 22.5 Å². The van der Waals surface area contributed by atoms with Crippen LogP contribution in [0.5, 0.6) is 5.75 Å². The Kier molecular flexibility index (Phi) is 5.33. The van der Waals surface area contributed by atoms with Crippen molar-refractivity contribution < 1.29 is 14.3 Å². The maximum absolute atomic E-state index is 12.9. The monoisotopic (exact) mass is 461 g/mol. The highest BCUT2D eigenvalue weighted by atomic mass is 32.1. The number of nitrogens with one attached hydrogen (secondary N) is 1. The van der Waals surface area contributed by atoms with Crippen LogP contribution in [0.3, 0.4) is 0 Å². The van der Waals surface area contributed by atoms with Gasteiger partial charge in [0.2, 0.25) is 22.7 Å². The van der Waals surface area contributed by atoms with Crippen molar-refractivity contribution in [2.45, 2.75) is 20.3 Å². The summed E-state index contributed by atoms with van der Waals surface area (Å²) in [5.74, 6) is 0.140. The standard InChI is InChI=1S/C24H23N5O3S/c1-14-4-9-19(15(2)10-14)20-13-33-24-26-23(27-29(20)24)25-22(31)16-11-21(30)28(12-16)17-5-7-18(32-3)8-6-17/h4-10,13,16H,11-12H2,1-3H3,(H,25,27,31). The molecule has 1 unspecified atom stereocenters. The van der Waals surface area contributed by atoms with Gasteiger partial charge in [-0.05, 0) is 43.7 Å². The Hall–Kier alpha value is -3.72. The second-order valence-electron chi connectivity index (χ2n) is 8.16. The number of hydrogen-bond acceptors (Lipinski definition) is 6. The summed E-state index contributed by atoms with van der Waals surface area (Å²) in [6.07, 6.45) is 0.147. The largest absolute Gasteiger partial charge is 0.497 e. The molecule has 0 bridgehead atoms. The fourth-order valence-electron chi connectivity index (χ4n) is 4.13. The van der Waals surface area contributed by atoms with E-state index in [1.165, 1.54) is 16.9 Å². The first kappa shape index (κ1) is 21.1. The molecule has 1 N–H and O–H groups in total. The Bertz CT molecular complexity index is 1360. The van der Waals surface area contributed by atoms with Gasteiger partial charge in [-0.3, -0.25) is 14.9 Å². The summed E-state index contributed by atoms with van der Waals surface area (Å²) in [6.45, 7) is 4.44. The predicted octanol–water partition coefficient (Wildman–Crippen LogP) is 4.07. The van der Waals surface area contributed by atoms with Crippen molar-refractivity contribution in [1.29, 1.82) is 0 Å². The number of carbonyl (C=O) groups excluding carboxylic acids is 2. The number of thiazole rings is 1. The average Bonchev–Trinajstić information content (AvgIpc) is 3.48. The molecule has 0 spiro atoms. The van der Waals surface area contributed by atoms with Crippen LogP contribution < -0.4 is 15.0 Å². The summed E-state index contributed by atoms with van der Waals surface area (Å²) < 4.78 is 6.92. The lowest BCUT2D eigenvalue weighted by Gasteiger charge is -2.16. The molecule has 1 aliphatic rings.